The van der Waals surface area contributed by atoms with Gasteiger partial charge in [-0.05, 0) is 19.1 Å². The second kappa shape index (κ2) is 7.92. The molecule has 8 heteroatoms. The van der Waals surface area contributed by atoms with Gasteiger partial charge in [-0.1, -0.05) is 18.2 Å². The number of benzene rings is 1. The number of ether oxygens (including phenoxy) is 2. The molecule has 0 aliphatic carbocycles. The number of thioether (sulfide) groups is 1. The Hall–Kier alpha value is -1.69. The molecular weight excluding hydrogens is 340 g/mol. The summed E-state index contributed by atoms with van der Waals surface area (Å²) in [5.41, 5.74) is -2.27. The van der Waals surface area contributed by atoms with Gasteiger partial charge in [-0.2, -0.15) is 5.26 Å². The Morgan fingerprint density at radius 3 is 2.71 bits per heavy atom. The lowest BCUT2D eigenvalue weighted by Gasteiger charge is -2.44. The SMILES string of the molecule is CCOC(=O)[C@@]1(C#N)[C@H](O)[C@@H](CF)O[C@H](F)[C@H]1Sc1ccccc1. The summed E-state index contributed by atoms with van der Waals surface area (Å²) in [5, 5.41) is 18.6. The van der Waals surface area contributed by atoms with Crippen LogP contribution in [0.15, 0.2) is 35.2 Å². The van der Waals surface area contributed by atoms with Crippen molar-refractivity contribution in [3.63, 3.8) is 0 Å². The molecule has 1 saturated heterocycles. The number of aliphatic hydroxyl groups is 1. The van der Waals surface area contributed by atoms with Gasteiger partial charge in [0.2, 0.25) is 6.36 Å². The number of nitriles is 1. The maximum absolute atomic E-state index is 14.5. The van der Waals surface area contributed by atoms with Gasteiger partial charge in [0.1, 0.15) is 18.9 Å². The van der Waals surface area contributed by atoms with Crippen LogP contribution >= 0.6 is 11.8 Å². The first-order valence-corrected chi connectivity index (χ1v) is 8.23. The van der Waals surface area contributed by atoms with E-state index in [0.29, 0.717) is 4.90 Å². The zero-order valence-corrected chi connectivity index (χ0v) is 13.7. The minimum absolute atomic E-state index is 0.0597. The molecular formula is C16H17F2NO4S. The van der Waals surface area contributed by atoms with E-state index in [1.54, 1.807) is 36.4 Å². The van der Waals surface area contributed by atoms with Gasteiger partial charge in [-0.25, -0.2) is 8.78 Å². The summed E-state index contributed by atoms with van der Waals surface area (Å²) in [6.45, 7) is 0.233. The maximum Gasteiger partial charge on any atom is 0.330 e. The van der Waals surface area contributed by atoms with Crippen LogP contribution in [0.3, 0.4) is 0 Å². The van der Waals surface area contributed by atoms with Crippen molar-refractivity contribution >= 4 is 17.7 Å². The molecule has 5 nitrogen and oxygen atoms in total. The molecule has 0 spiro atoms. The molecule has 0 radical (unpaired) electrons. The quantitative estimate of drug-likeness (QED) is 0.814. The molecule has 1 heterocycles. The number of aliphatic hydroxyl groups excluding tert-OH is 1. The van der Waals surface area contributed by atoms with Gasteiger partial charge in [0, 0.05) is 4.90 Å². The van der Waals surface area contributed by atoms with E-state index in [9.17, 15) is 23.9 Å². The van der Waals surface area contributed by atoms with Crippen molar-refractivity contribution < 1.29 is 28.2 Å². The van der Waals surface area contributed by atoms with Gasteiger partial charge in [0.05, 0.1) is 17.9 Å². The minimum atomic E-state index is -2.27. The Labute approximate surface area is 142 Å². The lowest BCUT2D eigenvalue weighted by atomic mass is 9.75. The lowest BCUT2D eigenvalue weighted by Crippen LogP contribution is -2.63. The third kappa shape index (κ3) is 3.24. The summed E-state index contributed by atoms with van der Waals surface area (Å²) in [5.74, 6) is -1.09. The third-order valence-corrected chi connectivity index (χ3v) is 5.15. The number of rotatable bonds is 5. The van der Waals surface area contributed by atoms with E-state index >= 15 is 0 Å². The highest BCUT2D eigenvalue weighted by Gasteiger charge is 2.63. The van der Waals surface area contributed by atoms with Gasteiger partial charge in [-0.15, -0.1) is 11.8 Å². The first-order valence-electron chi connectivity index (χ1n) is 7.35. The number of hydrogen-bond acceptors (Lipinski definition) is 6. The Balaban J connectivity index is 2.46. The molecule has 130 valence electrons. The van der Waals surface area contributed by atoms with E-state index in [1.807, 2.05) is 0 Å². The monoisotopic (exact) mass is 357 g/mol. The van der Waals surface area contributed by atoms with Crippen LogP contribution in [0.4, 0.5) is 8.78 Å². The average molecular weight is 357 g/mol. The van der Waals surface area contributed by atoms with Crippen LogP contribution in [0.1, 0.15) is 6.92 Å². The van der Waals surface area contributed by atoms with E-state index in [-0.39, 0.29) is 6.61 Å². The van der Waals surface area contributed by atoms with Crippen molar-refractivity contribution in [3.8, 4) is 6.07 Å². The molecule has 0 saturated carbocycles. The van der Waals surface area contributed by atoms with Crippen LogP contribution < -0.4 is 0 Å². The topological polar surface area (TPSA) is 79.6 Å². The molecule has 1 aromatic rings. The number of carbonyl (C=O) groups excluding carboxylic acids is 1. The number of hydrogen-bond donors (Lipinski definition) is 1. The van der Waals surface area contributed by atoms with E-state index in [1.165, 1.54) is 6.92 Å². The van der Waals surface area contributed by atoms with E-state index < -0.39 is 41.9 Å². The van der Waals surface area contributed by atoms with E-state index in [4.69, 9.17) is 9.47 Å². The molecule has 0 amide bonds. The van der Waals surface area contributed by atoms with E-state index in [0.717, 1.165) is 11.8 Å². The molecule has 0 bridgehead atoms. The predicted molar refractivity (Wildman–Crippen MR) is 82.5 cm³/mol. The molecule has 1 aromatic carbocycles. The van der Waals surface area contributed by atoms with Gasteiger partial charge in [-0.3, -0.25) is 4.79 Å². The Morgan fingerprint density at radius 1 is 1.50 bits per heavy atom. The van der Waals surface area contributed by atoms with Crippen LogP contribution in [0.25, 0.3) is 0 Å². The lowest BCUT2D eigenvalue weighted by molar-refractivity contribution is -0.215. The zero-order chi connectivity index (χ0) is 17.7. The number of halogens is 2. The summed E-state index contributed by atoms with van der Waals surface area (Å²) >= 11 is 0.869. The van der Waals surface area contributed by atoms with Crippen LogP contribution in [-0.4, -0.2) is 48.2 Å². The Morgan fingerprint density at radius 2 is 2.17 bits per heavy atom. The fraction of sp³-hybridized carbons (Fsp3) is 0.500. The minimum Gasteiger partial charge on any atom is -0.465 e. The van der Waals surface area contributed by atoms with Crippen molar-refractivity contribution in [3.05, 3.63) is 30.3 Å². The highest BCUT2D eigenvalue weighted by atomic mass is 32.2. The average Bonchev–Trinajstić information content (AvgIpc) is 2.59. The molecule has 0 unspecified atom stereocenters. The van der Waals surface area contributed by atoms with Crippen LogP contribution in [0.5, 0.6) is 0 Å². The number of carbonyl (C=O) groups is 1. The smallest absolute Gasteiger partial charge is 0.330 e. The van der Waals surface area contributed by atoms with E-state index in [2.05, 4.69) is 0 Å². The third-order valence-electron chi connectivity index (χ3n) is 3.77. The number of alkyl halides is 2. The van der Waals surface area contributed by atoms with Crippen molar-refractivity contribution in [1.82, 2.24) is 0 Å². The summed E-state index contributed by atoms with van der Waals surface area (Å²) in [4.78, 5) is 13.0. The highest BCUT2D eigenvalue weighted by Crippen LogP contribution is 2.47. The maximum atomic E-state index is 14.5. The highest BCUT2D eigenvalue weighted by molar-refractivity contribution is 8.00. The predicted octanol–water partition coefficient (Wildman–Crippen LogP) is 2.25. The standard InChI is InChI=1S/C16H17F2NO4S/c1-2-22-15(21)16(9-19)12(20)11(8-17)23-14(18)13(16)24-10-6-4-3-5-7-10/h3-7,11-14,20H,2,8H2,1H3/t11-,12-,13-,14+,16+/m1/s1. The molecule has 0 aromatic heterocycles. The van der Waals surface area contributed by atoms with Crippen molar-refractivity contribution in [1.29, 1.82) is 5.26 Å². The summed E-state index contributed by atoms with van der Waals surface area (Å²) < 4.78 is 37.3. The van der Waals surface area contributed by atoms with Gasteiger partial charge in [0.25, 0.3) is 0 Å². The summed E-state index contributed by atoms with van der Waals surface area (Å²) in [6.07, 6.45) is -5.58. The van der Waals surface area contributed by atoms with Crippen LogP contribution in [0, 0.1) is 16.7 Å². The van der Waals surface area contributed by atoms with Crippen molar-refractivity contribution in [2.75, 3.05) is 13.3 Å². The largest absolute Gasteiger partial charge is 0.465 e. The second-order valence-corrected chi connectivity index (χ2v) is 6.39. The normalized spacial score (nSPS) is 32.8. The van der Waals surface area contributed by atoms with Gasteiger partial charge >= 0.3 is 5.97 Å². The van der Waals surface area contributed by atoms with Crippen molar-refractivity contribution in [2.45, 2.75) is 35.6 Å². The first-order chi connectivity index (χ1) is 11.5. The number of nitrogens with zero attached hydrogens (tertiary/aromatic N) is 1. The van der Waals surface area contributed by atoms with Gasteiger partial charge < -0.3 is 14.6 Å². The molecule has 1 fully saturated rings. The Kier molecular flexibility index (Phi) is 6.15. The fourth-order valence-corrected chi connectivity index (χ4v) is 3.81. The molecule has 5 atom stereocenters. The molecule has 1 N–H and O–H groups in total. The summed E-state index contributed by atoms with van der Waals surface area (Å²) in [7, 11) is 0. The molecule has 1 aliphatic heterocycles. The van der Waals surface area contributed by atoms with Crippen molar-refractivity contribution in [2.24, 2.45) is 5.41 Å². The van der Waals surface area contributed by atoms with Crippen LogP contribution in [0.2, 0.25) is 0 Å². The number of esters is 1. The molecule has 24 heavy (non-hydrogen) atoms. The van der Waals surface area contributed by atoms with Crippen LogP contribution in [-0.2, 0) is 14.3 Å². The first kappa shape index (κ1) is 18.6. The zero-order valence-electron chi connectivity index (χ0n) is 12.9. The molecule has 1 aliphatic rings. The molecule has 2 rings (SSSR count). The van der Waals surface area contributed by atoms with Gasteiger partial charge in [0.15, 0.2) is 5.41 Å². The second-order valence-electron chi connectivity index (χ2n) is 5.18. The Bertz CT molecular complexity index is 612. The summed E-state index contributed by atoms with van der Waals surface area (Å²) in [6, 6.07) is 10.2. The fourth-order valence-electron chi connectivity index (χ4n) is 2.56.